The molecular formula is C14H11ClFNOS. The predicted octanol–water partition coefficient (Wildman–Crippen LogP) is 4.45. The van der Waals surface area contributed by atoms with Crippen molar-refractivity contribution in [3.05, 3.63) is 58.9 Å². The van der Waals surface area contributed by atoms with Crippen LogP contribution in [-0.2, 0) is 0 Å². The molecule has 98 valence electrons. The number of hydrogen-bond donors (Lipinski definition) is 1. The zero-order valence-electron chi connectivity index (χ0n) is 10.1. The Morgan fingerprint density at radius 1 is 1.21 bits per heavy atom. The van der Waals surface area contributed by atoms with E-state index in [0.29, 0.717) is 5.69 Å². The molecule has 0 saturated heterocycles. The van der Waals surface area contributed by atoms with Crippen LogP contribution >= 0.6 is 23.4 Å². The summed E-state index contributed by atoms with van der Waals surface area (Å²) in [7, 11) is 0. The van der Waals surface area contributed by atoms with Gasteiger partial charge in [0, 0.05) is 4.90 Å². The van der Waals surface area contributed by atoms with Crippen molar-refractivity contribution in [2.75, 3.05) is 11.6 Å². The van der Waals surface area contributed by atoms with Gasteiger partial charge in [0.2, 0.25) is 0 Å². The van der Waals surface area contributed by atoms with Crippen LogP contribution in [0, 0.1) is 5.82 Å². The lowest BCUT2D eigenvalue weighted by molar-refractivity contribution is 0.102. The Hall–Kier alpha value is -1.52. The van der Waals surface area contributed by atoms with Gasteiger partial charge in [-0.05, 0) is 30.5 Å². The van der Waals surface area contributed by atoms with Crippen LogP contribution < -0.4 is 5.32 Å². The first kappa shape index (κ1) is 13.9. The number of halogens is 2. The fraction of sp³-hybridized carbons (Fsp3) is 0.0714. The van der Waals surface area contributed by atoms with Gasteiger partial charge < -0.3 is 5.32 Å². The molecule has 2 nitrogen and oxygen atoms in total. The molecule has 0 bridgehead atoms. The third kappa shape index (κ3) is 3.08. The van der Waals surface area contributed by atoms with Crippen LogP contribution in [0.1, 0.15) is 10.4 Å². The van der Waals surface area contributed by atoms with Crippen molar-refractivity contribution in [3.63, 3.8) is 0 Å². The van der Waals surface area contributed by atoms with Crippen molar-refractivity contribution < 1.29 is 9.18 Å². The summed E-state index contributed by atoms with van der Waals surface area (Å²) >= 11 is 7.36. The maximum absolute atomic E-state index is 13.6. The van der Waals surface area contributed by atoms with Gasteiger partial charge in [-0.15, -0.1) is 11.8 Å². The molecule has 1 amide bonds. The summed E-state index contributed by atoms with van der Waals surface area (Å²) in [5.41, 5.74) is 0.499. The number of para-hydroxylation sites is 1. The summed E-state index contributed by atoms with van der Waals surface area (Å²) in [5.74, 6) is -1.18. The topological polar surface area (TPSA) is 29.1 Å². The number of thioether (sulfide) groups is 1. The smallest absolute Gasteiger partial charge is 0.260 e. The second-order valence-electron chi connectivity index (χ2n) is 3.75. The molecule has 0 radical (unpaired) electrons. The summed E-state index contributed by atoms with van der Waals surface area (Å²) in [6.45, 7) is 0. The highest BCUT2D eigenvalue weighted by atomic mass is 35.5. The van der Waals surface area contributed by atoms with Crippen molar-refractivity contribution in [3.8, 4) is 0 Å². The van der Waals surface area contributed by atoms with Crippen LogP contribution in [0.2, 0.25) is 5.02 Å². The van der Waals surface area contributed by atoms with Crippen molar-refractivity contribution in [2.45, 2.75) is 4.90 Å². The molecule has 0 saturated carbocycles. The van der Waals surface area contributed by atoms with Gasteiger partial charge >= 0.3 is 0 Å². The van der Waals surface area contributed by atoms with E-state index in [-0.39, 0.29) is 10.6 Å². The van der Waals surface area contributed by atoms with Gasteiger partial charge in [0.25, 0.3) is 5.91 Å². The minimum absolute atomic E-state index is 0.0964. The molecule has 0 atom stereocenters. The molecule has 0 heterocycles. The van der Waals surface area contributed by atoms with Gasteiger partial charge in [-0.2, -0.15) is 0 Å². The zero-order chi connectivity index (χ0) is 13.8. The molecule has 0 spiro atoms. The van der Waals surface area contributed by atoms with Crippen molar-refractivity contribution in [1.29, 1.82) is 0 Å². The summed E-state index contributed by atoms with van der Waals surface area (Å²) in [6.07, 6.45) is 1.90. The average molecular weight is 296 g/mol. The monoisotopic (exact) mass is 295 g/mol. The Morgan fingerprint density at radius 2 is 1.95 bits per heavy atom. The second-order valence-corrected chi connectivity index (χ2v) is 5.01. The van der Waals surface area contributed by atoms with Crippen molar-refractivity contribution >= 4 is 35.0 Å². The lowest BCUT2D eigenvalue weighted by atomic mass is 10.2. The number of carbonyl (C=O) groups excluding carboxylic acids is 1. The van der Waals surface area contributed by atoms with E-state index in [1.54, 1.807) is 12.1 Å². The van der Waals surface area contributed by atoms with E-state index in [1.165, 1.54) is 30.0 Å². The van der Waals surface area contributed by atoms with Gasteiger partial charge in [-0.1, -0.05) is 29.8 Å². The summed E-state index contributed by atoms with van der Waals surface area (Å²) in [6, 6.07) is 11.5. The zero-order valence-corrected chi connectivity index (χ0v) is 11.7. The number of nitrogens with one attached hydrogen (secondary N) is 1. The minimum Gasteiger partial charge on any atom is -0.321 e. The molecule has 1 N–H and O–H groups in total. The van der Waals surface area contributed by atoms with Gasteiger partial charge in [0.1, 0.15) is 5.82 Å². The Labute approximate surface area is 120 Å². The third-order valence-electron chi connectivity index (χ3n) is 2.54. The third-order valence-corrected chi connectivity index (χ3v) is 3.66. The Kier molecular flexibility index (Phi) is 4.45. The lowest BCUT2D eigenvalue weighted by Crippen LogP contribution is -2.14. The standard InChI is InChI=1S/C14H11ClFNOS/c1-19-12-8-3-2-7-11(12)17-14(18)13-9(15)5-4-6-10(13)16/h2-8H,1H3,(H,17,18). The van der Waals surface area contributed by atoms with Gasteiger partial charge in [-0.25, -0.2) is 4.39 Å². The maximum atomic E-state index is 13.6. The van der Waals surface area contributed by atoms with E-state index < -0.39 is 11.7 Å². The fourth-order valence-corrected chi connectivity index (χ4v) is 2.45. The van der Waals surface area contributed by atoms with E-state index in [2.05, 4.69) is 5.32 Å². The molecule has 0 aliphatic carbocycles. The number of carbonyl (C=O) groups is 1. The molecule has 2 aromatic rings. The number of amides is 1. The normalized spacial score (nSPS) is 10.3. The maximum Gasteiger partial charge on any atom is 0.260 e. The van der Waals surface area contributed by atoms with E-state index in [1.807, 2.05) is 18.4 Å². The summed E-state index contributed by atoms with van der Waals surface area (Å²) < 4.78 is 13.6. The molecule has 2 rings (SSSR count). The molecule has 19 heavy (non-hydrogen) atoms. The van der Waals surface area contributed by atoms with E-state index in [4.69, 9.17) is 11.6 Å². The quantitative estimate of drug-likeness (QED) is 0.847. The molecule has 0 unspecified atom stereocenters. The van der Waals surface area contributed by atoms with Gasteiger partial charge in [0.05, 0.1) is 16.3 Å². The van der Waals surface area contributed by atoms with Gasteiger partial charge in [0.15, 0.2) is 0 Å². The first-order valence-electron chi connectivity index (χ1n) is 5.52. The summed E-state index contributed by atoms with van der Waals surface area (Å²) in [5, 5.41) is 2.77. The minimum atomic E-state index is -0.633. The van der Waals surface area contributed by atoms with Crippen LogP contribution in [-0.4, -0.2) is 12.2 Å². The predicted molar refractivity (Wildman–Crippen MR) is 77.6 cm³/mol. The molecule has 0 fully saturated rings. The van der Waals surface area contributed by atoms with Crippen LogP contribution in [0.15, 0.2) is 47.4 Å². The van der Waals surface area contributed by atoms with Crippen molar-refractivity contribution in [1.82, 2.24) is 0 Å². The molecule has 0 aromatic heterocycles. The number of anilines is 1. The molecule has 2 aromatic carbocycles. The number of hydrogen-bond acceptors (Lipinski definition) is 2. The van der Waals surface area contributed by atoms with Crippen LogP contribution in [0.4, 0.5) is 10.1 Å². The Morgan fingerprint density at radius 3 is 2.63 bits per heavy atom. The number of rotatable bonds is 3. The Bertz CT molecular complexity index is 598. The van der Waals surface area contributed by atoms with Gasteiger partial charge in [-0.3, -0.25) is 4.79 Å². The van der Waals surface area contributed by atoms with Crippen molar-refractivity contribution in [2.24, 2.45) is 0 Å². The largest absolute Gasteiger partial charge is 0.321 e. The van der Waals surface area contributed by atoms with Crippen LogP contribution in [0.5, 0.6) is 0 Å². The average Bonchev–Trinajstić information content (AvgIpc) is 2.39. The van der Waals surface area contributed by atoms with E-state index in [9.17, 15) is 9.18 Å². The first-order chi connectivity index (χ1) is 9.13. The SMILES string of the molecule is CSc1ccccc1NC(=O)c1c(F)cccc1Cl. The molecule has 0 aliphatic heterocycles. The highest BCUT2D eigenvalue weighted by Crippen LogP contribution is 2.26. The summed E-state index contributed by atoms with van der Waals surface area (Å²) in [4.78, 5) is 13.0. The molecule has 5 heteroatoms. The number of benzene rings is 2. The molecular weight excluding hydrogens is 285 g/mol. The first-order valence-corrected chi connectivity index (χ1v) is 7.12. The lowest BCUT2D eigenvalue weighted by Gasteiger charge is -2.10. The Balaban J connectivity index is 2.31. The van der Waals surface area contributed by atoms with E-state index >= 15 is 0 Å². The van der Waals surface area contributed by atoms with Crippen LogP contribution in [0.3, 0.4) is 0 Å². The molecule has 0 aliphatic rings. The van der Waals surface area contributed by atoms with E-state index in [0.717, 1.165) is 4.90 Å². The highest BCUT2D eigenvalue weighted by molar-refractivity contribution is 7.98. The fourth-order valence-electron chi connectivity index (χ4n) is 1.65. The van der Waals surface area contributed by atoms with Crippen LogP contribution in [0.25, 0.3) is 0 Å². The second kappa shape index (κ2) is 6.08. The highest BCUT2D eigenvalue weighted by Gasteiger charge is 2.16.